The Morgan fingerprint density at radius 1 is 1.33 bits per heavy atom. The molecule has 0 spiro atoms. The van der Waals surface area contributed by atoms with Crippen LogP contribution in [0.3, 0.4) is 0 Å². The number of nitrogens with one attached hydrogen (secondary N) is 2. The van der Waals surface area contributed by atoms with Gasteiger partial charge < -0.3 is 15.5 Å². The Bertz CT molecular complexity index is 354. The molecule has 1 saturated carbocycles. The van der Waals surface area contributed by atoms with Crippen LogP contribution in [0.15, 0.2) is 0 Å². The van der Waals surface area contributed by atoms with Crippen LogP contribution in [0, 0.1) is 5.92 Å². The average molecular weight is 251 g/mol. The van der Waals surface area contributed by atoms with Crippen molar-refractivity contribution in [3.63, 3.8) is 0 Å². The van der Waals surface area contributed by atoms with Gasteiger partial charge in [-0.15, -0.1) is 0 Å². The summed E-state index contributed by atoms with van der Waals surface area (Å²) in [5.74, 6) is 0.708. The first-order valence-electron chi connectivity index (χ1n) is 7.03. The van der Waals surface area contributed by atoms with E-state index in [0.717, 1.165) is 38.8 Å². The molecule has 3 fully saturated rings. The molecule has 0 aromatic carbocycles. The number of rotatable bonds is 3. The molecule has 2 N–H and O–H groups in total. The van der Waals surface area contributed by atoms with Crippen molar-refractivity contribution in [1.29, 1.82) is 0 Å². The van der Waals surface area contributed by atoms with Gasteiger partial charge in [-0.2, -0.15) is 0 Å². The molecule has 5 nitrogen and oxygen atoms in total. The number of nitrogens with zero attached hydrogens (tertiary/aromatic N) is 1. The fourth-order valence-corrected chi connectivity index (χ4v) is 3.11. The standard InChI is InChI=1S/C13H21N3O2/c17-12(15-10-2-3-10)8-16-11-5-6-14-7-9(11)1-4-13(16)18/h9-11,14H,1-8H2,(H,15,17). The smallest absolute Gasteiger partial charge is 0.239 e. The molecule has 0 bridgehead atoms. The maximum atomic E-state index is 12.0. The number of amides is 2. The van der Waals surface area contributed by atoms with E-state index in [0.29, 0.717) is 18.4 Å². The third kappa shape index (κ3) is 2.51. The molecule has 2 aliphatic heterocycles. The van der Waals surface area contributed by atoms with Crippen LogP contribution in [0.2, 0.25) is 0 Å². The van der Waals surface area contributed by atoms with Crippen LogP contribution in [0.4, 0.5) is 0 Å². The first-order chi connectivity index (χ1) is 8.74. The third-order valence-electron chi connectivity index (χ3n) is 4.27. The molecule has 0 radical (unpaired) electrons. The van der Waals surface area contributed by atoms with E-state index in [4.69, 9.17) is 0 Å². The van der Waals surface area contributed by atoms with Gasteiger partial charge >= 0.3 is 0 Å². The Kier molecular flexibility index (Phi) is 3.24. The molecule has 3 aliphatic rings. The van der Waals surface area contributed by atoms with Crippen molar-refractivity contribution >= 4 is 11.8 Å². The summed E-state index contributed by atoms with van der Waals surface area (Å²) in [7, 11) is 0. The summed E-state index contributed by atoms with van der Waals surface area (Å²) in [4.78, 5) is 25.7. The van der Waals surface area contributed by atoms with Gasteiger partial charge in [0, 0.05) is 18.5 Å². The van der Waals surface area contributed by atoms with E-state index in [1.807, 2.05) is 4.90 Å². The monoisotopic (exact) mass is 251 g/mol. The van der Waals surface area contributed by atoms with Gasteiger partial charge in [0.25, 0.3) is 0 Å². The van der Waals surface area contributed by atoms with Gasteiger partial charge in [-0.3, -0.25) is 9.59 Å². The van der Waals surface area contributed by atoms with Crippen LogP contribution >= 0.6 is 0 Å². The van der Waals surface area contributed by atoms with Crippen LogP contribution in [0.5, 0.6) is 0 Å². The summed E-state index contributed by atoms with van der Waals surface area (Å²) in [6, 6.07) is 0.652. The molecule has 2 amide bonds. The minimum Gasteiger partial charge on any atom is -0.352 e. The maximum Gasteiger partial charge on any atom is 0.239 e. The van der Waals surface area contributed by atoms with Crippen molar-refractivity contribution in [2.45, 2.75) is 44.2 Å². The Hall–Kier alpha value is -1.10. The van der Waals surface area contributed by atoms with Crippen molar-refractivity contribution in [1.82, 2.24) is 15.5 Å². The lowest BCUT2D eigenvalue weighted by Crippen LogP contribution is -2.57. The van der Waals surface area contributed by atoms with E-state index in [1.165, 1.54) is 0 Å². The number of hydrogen-bond acceptors (Lipinski definition) is 3. The molecular formula is C13H21N3O2. The highest BCUT2D eigenvalue weighted by Gasteiger charge is 2.38. The molecule has 100 valence electrons. The Balaban J connectivity index is 1.62. The lowest BCUT2D eigenvalue weighted by molar-refractivity contribution is -0.143. The van der Waals surface area contributed by atoms with Crippen molar-refractivity contribution in [2.75, 3.05) is 19.6 Å². The van der Waals surface area contributed by atoms with Gasteiger partial charge in [0.05, 0.1) is 6.54 Å². The largest absolute Gasteiger partial charge is 0.352 e. The number of fused-ring (bicyclic) bond motifs is 1. The molecule has 2 unspecified atom stereocenters. The fraction of sp³-hybridized carbons (Fsp3) is 0.846. The maximum absolute atomic E-state index is 12.0. The highest BCUT2D eigenvalue weighted by atomic mass is 16.2. The number of carbonyl (C=O) groups excluding carboxylic acids is 2. The summed E-state index contributed by atoms with van der Waals surface area (Å²) in [6.45, 7) is 2.20. The van der Waals surface area contributed by atoms with E-state index in [9.17, 15) is 9.59 Å². The second kappa shape index (κ2) is 4.88. The van der Waals surface area contributed by atoms with Crippen LogP contribution in [-0.2, 0) is 9.59 Å². The molecule has 18 heavy (non-hydrogen) atoms. The predicted molar refractivity (Wildman–Crippen MR) is 66.9 cm³/mol. The molecule has 0 aromatic heterocycles. The molecule has 2 atom stereocenters. The van der Waals surface area contributed by atoms with Gasteiger partial charge in [0.2, 0.25) is 11.8 Å². The van der Waals surface area contributed by atoms with E-state index in [1.54, 1.807) is 0 Å². The molecule has 2 saturated heterocycles. The molecular weight excluding hydrogens is 230 g/mol. The van der Waals surface area contributed by atoms with Crippen LogP contribution < -0.4 is 10.6 Å². The predicted octanol–water partition coefficient (Wildman–Crippen LogP) is -0.134. The number of piperidine rings is 2. The minimum atomic E-state index is 0.0185. The summed E-state index contributed by atoms with van der Waals surface area (Å²) >= 11 is 0. The quantitative estimate of drug-likeness (QED) is 0.734. The first kappa shape index (κ1) is 12.0. The normalized spacial score (nSPS) is 32.0. The zero-order chi connectivity index (χ0) is 12.5. The van der Waals surface area contributed by atoms with Crippen molar-refractivity contribution in [2.24, 2.45) is 5.92 Å². The SMILES string of the molecule is O=C(CN1C(=O)CCC2CNCCC21)NC1CC1. The highest BCUT2D eigenvalue weighted by molar-refractivity contribution is 5.85. The van der Waals surface area contributed by atoms with Crippen LogP contribution in [0.25, 0.3) is 0 Å². The zero-order valence-electron chi connectivity index (χ0n) is 10.7. The Morgan fingerprint density at radius 3 is 2.94 bits per heavy atom. The van der Waals surface area contributed by atoms with Crippen molar-refractivity contribution in [3.05, 3.63) is 0 Å². The number of hydrogen-bond donors (Lipinski definition) is 2. The van der Waals surface area contributed by atoms with Crippen LogP contribution in [0.1, 0.15) is 32.1 Å². The minimum absolute atomic E-state index is 0.0185. The zero-order valence-corrected chi connectivity index (χ0v) is 10.7. The lowest BCUT2D eigenvalue weighted by atomic mass is 9.84. The molecule has 3 rings (SSSR count). The van der Waals surface area contributed by atoms with E-state index < -0.39 is 0 Å². The van der Waals surface area contributed by atoms with Gasteiger partial charge in [-0.1, -0.05) is 0 Å². The second-order valence-corrected chi connectivity index (χ2v) is 5.72. The Labute approximate surface area is 107 Å². The van der Waals surface area contributed by atoms with Crippen molar-refractivity contribution < 1.29 is 9.59 Å². The Morgan fingerprint density at radius 2 is 2.17 bits per heavy atom. The second-order valence-electron chi connectivity index (χ2n) is 5.72. The van der Waals surface area contributed by atoms with Gasteiger partial charge in [0.15, 0.2) is 0 Å². The molecule has 5 heteroatoms. The van der Waals surface area contributed by atoms with Crippen molar-refractivity contribution in [3.8, 4) is 0 Å². The molecule has 1 aliphatic carbocycles. The summed E-state index contributed by atoms with van der Waals surface area (Å²) in [5, 5.41) is 6.35. The lowest BCUT2D eigenvalue weighted by Gasteiger charge is -2.43. The van der Waals surface area contributed by atoms with Gasteiger partial charge in [-0.05, 0) is 44.7 Å². The van der Waals surface area contributed by atoms with E-state index in [-0.39, 0.29) is 24.4 Å². The fourth-order valence-electron chi connectivity index (χ4n) is 3.11. The first-order valence-corrected chi connectivity index (χ1v) is 7.03. The van der Waals surface area contributed by atoms with E-state index >= 15 is 0 Å². The van der Waals surface area contributed by atoms with Gasteiger partial charge in [-0.25, -0.2) is 0 Å². The average Bonchev–Trinajstić information content (AvgIpc) is 3.17. The summed E-state index contributed by atoms with van der Waals surface area (Å²) < 4.78 is 0. The summed E-state index contributed by atoms with van der Waals surface area (Å²) in [5.41, 5.74) is 0. The third-order valence-corrected chi connectivity index (χ3v) is 4.27. The molecule has 0 aromatic rings. The van der Waals surface area contributed by atoms with E-state index in [2.05, 4.69) is 10.6 Å². The molecule has 2 heterocycles. The van der Waals surface area contributed by atoms with Crippen LogP contribution in [-0.4, -0.2) is 48.4 Å². The topological polar surface area (TPSA) is 61.4 Å². The number of likely N-dealkylation sites (tertiary alicyclic amines) is 1. The highest BCUT2D eigenvalue weighted by Crippen LogP contribution is 2.28. The number of carbonyl (C=O) groups is 2. The van der Waals surface area contributed by atoms with Gasteiger partial charge in [0.1, 0.15) is 0 Å². The summed E-state index contributed by atoms with van der Waals surface area (Å²) in [6.07, 6.45) is 4.73.